The Bertz CT molecular complexity index is 4250. The molecular weight excluding hydrogens is 853 g/mol. The zero-order valence-corrected chi connectivity index (χ0v) is 37.8. The quantitative estimate of drug-likeness (QED) is 0.167. The van der Waals surface area contributed by atoms with E-state index in [1.54, 1.807) is 0 Å². The maximum atomic E-state index is 5.78. The number of hydrogen-bond donors (Lipinski definition) is 0. The van der Waals surface area contributed by atoms with Crippen LogP contribution in [0, 0.1) is 0 Å². The van der Waals surface area contributed by atoms with E-state index in [1.165, 1.54) is 43.4 Å². The van der Waals surface area contributed by atoms with Crippen LogP contribution < -0.4 is 0 Å². The Kier molecular flexibility index (Phi) is 8.26. The summed E-state index contributed by atoms with van der Waals surface area (Å²) in [6.07, 6.45) is 0. The summed E-state index contributed by atoms with van der Waals surface area (Å²) in [7, 11) is 0. The van der Waals surface area contributed by atoms with Gasteiger partial charge >= 0.3 is 0 Å². The first kappa shape index (κ1) is 38.6. The monoisotopic (exact) mass is 892 g/mol. The first-order valence-electron chi connectivity index (χ1n) is 23.8. The molecule has 0 saturated heterocycles. The van der Waals surface area contributed by atoms with E-state index in [-0.39, 0.29) is 0 Å². The molecule has 6 heteroatoms. The Balaban J connectivity index is 1.06. The van der Waals surface area contributed by atoms with E-state index in [1.807, 2.05) is 0 Å². The van der Waals surface area contributed by atoms with Gasteiger partial charge in [-0.15, -0.1) is 0 Å². The highest BCUT2D eigenvalue weighted by molar-refractivity contribution is 6.13. The molecule has 0 N–H and O–H groups in total. The second-order valence-electron chi connectivity index (χ2n) is 18.1. The van der Waals surface area contributed by atoms with E-state index < -0.39 is 0 Å². The molecular formula is C64H40N6. The highest BCUT2D eigenvalue weighted by Gasteiger charge is 2.24. The van der Waals surface area contributed by atoms with Crippen molar-refractivity contribution in [2.75, 3.05) is 0 Å². The molecule has 0 saturated carbocycles. The van der Waals surface area contributed by atoms with E-state index in [4.69, 9.17) is 9.97 Å². The van der Waals surface area contributed by atoms with Gasteiger partial charge < -0.3 is 9.13 Å². The molecule has 326 valence electrons. The molecule has 0 fully saturated rings. The molecule has 0 bridgehead atoms. The van der Waals surface area contributed by atoms with Gasteiger partial charge in [0.2, 0.25) is 5.95 Å². The Morgan fingerprint density at radius 3 is 1.04 bits per heavy atom. The van der Waals surface area contributed by atoms with Crippen molar-refractivity contribution in [3.8, 4) is 45.5 Å². The Morgan fingerprint density at radius 2 is 0.629 bits per heavy atom. The largest absolute Gasteiger partial charge is 0.309 e. The van der Waals surface area contributed by atoms with Crippen LogP contribution in [0.4, 0.5) is 0 Å². The van der Waals surface area contributed by atoms with Gasteiger partial charge in [-0.2, -0.15) is 4.98 Å². The van der Waals surface area contributed by atoms with Crippen LogP contribution in [0.1, 0.15) is 0 Å². The van der Waals surface area contributed by atoms with E-state index in [9.17, 15) is 0 Å². The van der Waals surface area contributed by atoms with Crippen molar-refractivity contribution in [2.24, 2.45) is 0 Å². The maximum absolute atomic E-state index is 5.78. The molecule has 10 aromatic carbocycles. The van der Waals surface area contributed by atoms with Crippen LogP contribution >= 0.6 is 0 Å². The van der Waals surface area contributed by atoms with Gasteiger partial charge in [-0.3, -0.25) is 9.13 Å². The third kappa shape index (κ3) is 5.56. The summed E-state index contributed by atoms with van der Waals surface area (Å²) in [4.78, 5) is 11.4. The van der Waals surface area contributed by atoms with E-state index in [0.717, 1.165) is 83.4 Å². The highest BCUT2D eigenvalue weighted by atomic mass is 15.2. The standard InChI is InChI=1S/C64H40N6/c1-9-27-53-44(18-1)45-19-2-10-28-54(45)67(53)42-38-36-41(37-39-42)43-26-17-35-61(68-55-29-11-3-20-46(55)47-21-4-12-30-56(47)68)63(43)52-40-62(69-57-31-13-5-22-48(57)49-23-6-14-32-58(49)69)66-64(65-52)70-59-33-15-7-24-50(59)51-25-8-16-34-60(51)70/h1-40H. The van der Waals surface area contributed by atoms with Crippen molar-refractivity contribution in [2.45, 2.75) is 0 Å². The molecule has 0 aliphatic rings. The number of rotatable bonds is 6. The summed E-state index contributed by atoms with van der Waals surface area (Å²) in [6.45, 7) is 0. The number of hydrogen-bond acceptors (Lipinski definition) is 2. The lowest BCUT2D eigenvalue weighted by Crippen LogP contribution is -2.09. The van der Waals surface area contributed by atoms with Gasteiger partial charge in [0.1, 0.15) is 5.82 Å². The molecule has 5 heterocycles. The molecule has 0 radical (unpaired) electrons. The highest BCUT2D eigenvalue weighted by Crippen LogP contribution is 2.43. The van der Waals surface area contributed by atoms with Crippen LogP contribution in [-0.2, 0) is 0 Å². The van der Waals surface area contributed by atoms with Crippen LogP contribution in [0.3, 0.4) is 0 Å². The van der Waals surface area contributed by atoms with Crippen molar-refractivity contribution >= 4 is 87.2 Å². The van der Waals surface area contributed by atoms with Gasteiger partial charge in [0.15, 0.2) is 0 Å². The number of para-hydroxylation sites is 8. The van der Waals surface area contributed by atoms with Crippen molar-refractivity contribution < 1.29 is 0 Å². The zero-order chi connectivity index (χ0) is 45.9. The lowest BCUT2D eigenvalue weighted by Gasteiger charge is -2.20. The predicted molar refractivity (Wildman–Crippen MR) is 290 cm³/mol. The van der Waals surface area contributed by atoms with Crippen LogP contribution in [0.2, 0.25) is 0 Å². The summed E-state index contributed by atoms with van der Waals surface area (Å²) >= 11 is 0. The van der Waals surface area contributed by atoms with Gasteiger partial charge in [-0.25, -0.2) is 4.98 Å². The van der Waals surface area contributed by atoms with E-state index in [0.29, 0.717) is 5.95 Å². The Labute approximate surface area is 401 Å². The molecule has 15 rings (SSSR count). The third-order valence-corrected chi connectivity index (χ3v) is 14.4. The van der Waals surface area contributed by atoms with Crippen LogP contribution in [-0.4, -0.2) is 28.2 Å². The minimum atomic E-state index is 0.594. The average molecular weight is 893 g/mol. The van der Waals surface area contributed by atoms with Crippen LogP contribution in [0.25, 0.3) is 133 Å². The van der Waals surface area contributed by atoms with Crippen molar-refractivity contribution in [3.05, 3.63) is 243 Å². The third-order valence-electron chi connectivity index (χ3n) is 14.4. The predicted octanol–water partition coefficient (Wildman–Crippen LogP) is 16.2. The van der Waals surface area contributed by atoms with Crippen molar-refractivity contribution in [1.29, 1.82) is 0 Å². The fourth-order valence-corrected chi connectivity index (χ4v) is 11.5. The number of fused-ring (bicyclic) bond motifs is 12. The summed E-state index contributed by atoms with van der Waals surface area (Å²) in [5.74, 6) is 1.38. The zero-order valence-electron chi connectivity index (χ0n) is 37.8. The Morgan fingerprint density at radius 1 is 0.271 bits per heavy atom. The molecule has 0 amide bonds. The molecule has 0 unspecified atom stereocenters. The van der Waals surface area contributed by atoms with Gasteiger partial charge in [-0.05, 0) is 77.9 Å². The smallest absolute Gasteiger partial charge is 0.237 e. The minimum Gasteiger partial charge on any atom is -0.309 e. The summed E-state index contributed by atoms with van der Waals surface area (Å²) in [6, 6.07) is 87.3. The fraction of sp³-hybridized carbons (Fsp3) is 0. The minimum absolute atomic E-state index is 0.594. The Hall–Kier alpha value is -9.52. The molecule has 5 aromatic heterocycles. The van der Waals surface area contributed by atoms with Gasteiger partial charge in [0.05, 0.1) is 55.5 Å². The van der Waals surface area contributed by atoms with Crippen LogP contribution in [0.5, 0.6) is 0 Å². The number of benzene rings is 10. The van der Waals surface area contributed by atoms with Gasteiger partial charge in [0, 0.05) is 60.4 Å². The molecule has 0 aliphatic heterocycles. The molecule has 6 nitrogen and oxygen atoms in total. The molecule has 15 aromatic rings. The van der Waals surface area contributed by atoms with Crippen molar-refractivity contribution in [3.63, 3.8) is 0 Å². The lowest BCUT2D eigenvalue weighted by molar-refractivity contribution is 0.951. The molecule has 0 spiro atoms. The first-order valence-corrected chi connectivity index (χ1v) is 23.8. The number of aromatic nitrogens is 6. The first-order chi connectivity index (χ1) is 34.8. The second kappa shape index (κ2) is 15.0. The van der Waals surface area contributed by atoms with Crippen molar-refractivity contribution in [1.82, 2.24) is 28.2 Å². The topological polar surface area (TPSA) is 45.5 Å². The summed E-state index contributed by atoms with van der Waals surface area (Å²) in [5.41, 5.74) is 15.0. The second-order valence-corrected chi connectivity index (χ2v) is 18.1. The SMILES string of the molecule is c1cc(-c2ccc(-n3c4ccccc4c4ccccc43)cc2)c(-c2cc(-n3c4ccccc4c4ccccc43)nc(-n3c4ccccc4c4ccccc43)n2)c(-n2c3ccccc3c3ccccc32)c1. The summed E-state index contributed by atoms with van der Waals surface area (Å²) < 4.78 is 9.37. The molecule has 0 atom stereocenters. The average Bonchev–Trinajstić information content (AvgIpc) is 4.16. The van der Waals surface area contributed by atoms with Crippen LogP contribution in [0.15, 0.2) is 243 Å². The maximum Gasteiger partial charge on any atom is 0.237 e. The van der Waals surface area contributed by atoms with Gasteiger partial charge in [-0.1, -0.05) is 170 Å². The normalized spacial score (nSPS) is 12.0. The number of nitrogens with zero attached hydrogens (tertiary/aromatic N) is 6. The summed E-state index contributed by atoms with van der Waals surface area (Å²) in [5, 5.41) is 9.53. The van der Waals surface area contributed by atoms with E-state index in [2.05, 4.69) is 261 Å². The fourth-order valence-electron chi connectivity index (χ4n) is 11.5. The van der Waals surface area contributed by atoms with E-state index >= 15 is 0 Å². The van der Waals surface area contributed by atoms with Gasteiger partial charge in [0.25, 0.3) is 0 Å². The molecule has 0 aliphatic carbocycles. The molecule has 70 heavy (non-hydrogen) atoms. The lowest BCUT2D eigenvalue weighted by atomic mass is 9.95.